The van der Waals surface area contributed by atoms with E-state index < -0.39 is 0 Å². The van der Waals surface area contributed by atoms with E-state index in [0.29, 0.717) is 11.8 Å². The lowest BCUT2D eigenvalue weighted by molar-refractivity contribution is 0.807. The third-order valence-corrected chi connectivity index (χ3v) is 7.59. The molecule has 6 aromatic rings. The Balaban J connectivity index is 1.60. The molecule has 0 saturated heterocycles. The van der Waals surface area contributed by atoms with Gasteiger partial charge in [0.15, 0.2) is 0 Å². The van der Waals surface area contributed by atoms with Crippen LogP contribution < -0.4 is 0 Å². The molecule has 2 aromatic heterocycles. The minimum absolute atomic E-state index is 0.326. The highest BCUT2D eigenvalue weighted by atomic mass is 15.1. The van der Waals surface area contributed by atoms with Crippen LogP contribution in [0.3, 0.4) is 0 Å². The van der Waals surface area contributed by atoms with Crippen LogP contribution in [0.5, 0.6) is 0 Å². The summed E-state index contributed by atoms with van der Waals surface area (Å²) in [6, 6.07) is 41.1. The normalized spacial score (nSPS) is 11.4. The van der Waals surface area contributed by atoms with Crippen LogP contribution in [-0.2, 0) is 0 Å². The van der Waals surface area contributed by atoms with Gasteiger partial charge in [0.1, 0.15) is 5.82 Å². The highest BCUT2D eigenvalue weighted by Crippen LogP contribution is 2.40. The Labute approximate surface area is 237 Å². The first-order chi connectivity index (χ1) is 19.5. The third kappa shape index (κ3) is 4.69. The van der Waals surface area contributed by atoms with Crippen molar-refractivity contribution >= 4 is 0 Å². The molecular formula is C37H35N3. The van der Waals surface area contributed by atoms with Gasteiger partial charge in [-0.1, -0.05) is 107 Å². The molecule has 0 spiro atoms. The zero-order chi connectivity index (χ0) is 27.6. The quantitative estimate of drug-likeness (QED) is 0.205. The van der Waals surface area contributed by atoms with Crippen LogP contribution in [0.1, 0.15) is 50.7 Å². The van der Waals surface area contributed by atoms with E-state index in [1.165, 1.54) is 39.3 Å². The van der Waals surface area contributed by atoms with Crippen LogP contribution >= 0.6 is 0 Å². The molecule has 0 amide bonds. The molecule has 0 aliphatic heterocycles. The number of nitrogens with zero attached hydrogens (tertiary/aromatic N) is 3. The summed E-state index contributed by atoms with van der Waals surface area (Å²) in [6.07, 6.45) is 4.02. The van der Waals surface area contributed by atoms with Crippen molar-refractivity contribution in [3.63, 3.8) is 0 Å². The molecule has 4 aromatic carbocycles. The Kier molecular flexibility index (Phi) is 6.96. The molecule has 40 heavy (non-hydrogen) atoms. The second-order valence-electron chi connectivity index (χ2n) is 10.9. The highest BCUT2D eigenvalue weighted by molar-refractivity contribution is 5.76. The van der Waals surface area contributed by atoms with Crippen LogP contribution in [-0.4, -0.2) is 14.1 Å². The van der Waals surface area contributed by atoms with Gasteiger partial charge >= 0.3 is 0 Å². The number of rotatable bonds is 7. The first-order valence-corrected chi connectivity index (χ1v) is 14.1. The van der Waals surface area contributed by atoms with E-state index in [-0.39, 0.29) is 0 Å². The van der Waals surface area contributed by atoms with Crippen molar-refractivity contribution in [1.29, 1.82) is 0 Å². The average molecular weight is 522 g/mol. The van der Waals surface area contributed by atoms with Gasteiger partial charge in [-0.25, -0.2) is 4.98 Å². The number of hydrogen-bond donors (Lipinski definition) is 0. The van der Waals surface area contributed by atoms with E-state index in [2.05, 4.69) is 158 Å². The van der Waals surface area contributed by atoms with E-state index >= 15 is 0 Å². The summed E-state index contributed by atoms with van der Waals surface area (Å²) >= 11 is 0. The molecule has 0 aliphatic rings. The molecule has 2 heterocycles. The van der Waals surface area contributed by atoms with Crippen molar-refractivity contribution in [1.82, 2.24) is 14.1 Å². The predicted molar refractivity (Wildman–Crippen MR) is 167 cm³/mol. The maximum Gasteiger partial charge on any atom is 0.144 e. The lowest BCUT2D eigenvalue weighted by Gasteiger charge is -2.24. The van der Waals surface area contributed by atoms with Crippen LogP contribution in [0.2, 0.25) is 0 Å². The van der Waals surface area contributed by atoms with Crippen molar-refractivity contribution in [3.8, 4) is 45.3 Å². The second-order valence-corrected chi connectivity index (χ2v) is 10.9. The predicted octanol–water partition coefficient (Wildman–Crippen LogP) is 9.91. The molecule has 0 saturated carbocycles. The Bertz CT molecular complexity index is 1690. The van der Waals surface area contributed by atoms with Gasteiger partial charge in [0.2, 0.25) is 0 Å². The molecule has 0 radical (unpaired) electrons. The Morgan fingerprint density at radius 1 is 0.550 bits per heavy atom. The SMILES string of the molecule is CC(C)c1cc(-c2ccc(-c3ccccc3)n2-c2ccccc2)cc(C(C)C)c1-n1ccnc1-c1ccccc1. The van der Waals surface area contributed by atoms with Gasteiger partial charge in [0.05, 0.1) is 17.1 Å². The fourth-order valence-corrected chi connectivity index (χ4v) is 5.62. The first-order valence-electron chi connectivity index (χ1n) is 14.1. The van der Waals surface area contributed by atoms with Crippen molar-refractivity contribution in [2.24, 2.45) is 0 Å². The van der Waals surface area contributed by atoms with Crippen molar-refractivity contribution in [2.45, 2.75) is 39.5 Å². The smallest absolute Gasteiger partial charge is 0.144 e. The first kappa shape index (κ1) is 25.6. The standard InChI is InChI=1S/C37H35N3/c1-26(2)32-24-30(25-33(27(3)4)36(32)39-23-22-38-37(39)29-16-10-6-11-17-29)35-21-20-34(28-14-8-5-9-15-28)40(35)31-18-12-7-13-19-31/h5-27H,1-4H3. The fourth-order valence-electron chi connectivity index (χ4n) is 5.62. The summed E-state index contributed by atoms with van der Waals surface area (Å²) in [5, 5.41) is 0. The zero-order valence-corrected chi connectivity index (χ0v) is 23.6. The summed E-state index contributed by atoms with van der Waals surface area (Å²) in [5.74, 6) is 1.62. The number of aromatic nitrogens is 3. The van der Waals surface area contributed by atoms with Crippen LogP contribution in [0, 0.1) is 0 Å². The summed E-state index contributed by atoms with van der Waals surface area (Å²) in [5.41, 5.74) is 11.0. The van der Waals surface area contributed by atoms with Gasteiger partial charge < -0.3 is 4.57 Å². The molecule has 0 aliphatic carbocycles. The molecule has 0 N–H and O–H groups in total. The van der Waals surface area contributed by atoms with E-state index in [4.69, 9.17) is 4.98 Å². The largest absolute Gasteiger partial charge is 0.309 e. The van der Waals surface area contributed by atoms with Crippen LogP contribution in [0.4, 0.5) is 0 Å². The van der Waals surface area contributed by atoms with E-state index in [9.17, 15) is 0 Å². The average Bonchev–Trinajstić information content (AvgIpc) is 3.66. The van der Waals surface area contributed by atoms with Crippen molar-refractivity contribution < 1.29 is 0 Å². The van der Waals surface area contributed by atoms with E-state index in [1.54, 1.807) is 0 Å². The summed E-state index contributed by atoms with van der Waals surface area (Å²) in [7, 11) is 0. The molecule has 0 unspecified atom stereocenters. The monoisotopic (exact) mass is 521 g/mol. The molecule has 6 rings (SSSR count). The molecule has 0 atom stereocenters. The Hall–Kier alpha value is -4.63. The van der Waals surface area contributed by atoms with Crippen molar-refractivity contribution in [3.05, 3.63) is 139 Å². The van der Waals surface area contributed by atoms with Gasteiger partial charge in [0.25, 0.3) is 0 Å². The van der Waals surface area contributed by atoms with Crippen LogP contribution in [0.25, 0.3) is 45.3 Å². The maximum absolute atomic E-state index is 4.79. The fraction of sp³-hybridized carbons (Fsp3) is 0.162. The maximum atomic E-state index is 4.79. The summed E-state index contributed by atoms with van der Waals surface area (Å²) in [6.45, 7) is 9.16. The van der Waals surface area contributed by atoms with Gasteiger partial charge in [-0.15, -0.1) is 0 Å². The lowest BCUT2D eigenvalue weighted by Crippen LogP contribution is -2.09. The third-order valence-electron chi connectivity index (χ3n) is 7.59. The van der Waals surface area contributed by atoms with Crippen molar-refractivity contribution in [2.75, 3.05) is 0 Å². The Morgan fingerprint density at radius 3 is 1.60 bits per heavy atom. The van der Waals surface area contributed by atoms with Gasteiger partial charge in [-0.05, 0) is 70.5 Å². The second kappa shape index (κ2) is 10.9. The topological polar surface area (TPSA) is 22.8 Å². The Morgan fingerprint density at radius 2 is 1.05 bits per heavy atom. The molecule has 0 fully saturated rings. The molecular weight excluding hydrogens is 486 g/mol. The molecule has 3 nitrogen and oxygen atoms in total. The number of imidazole rings is 1. The van der Waals surface area contributed by atoms with E-state index in [1.807, 2.05) is 6.20 Å². The number of hydrogen-bond acceptors (Lipinski definition) is 1. The van der Waals surface area contributed by atoms with Gasteiger partial charge in [0, 0.05) is 23.6 Å². The highest BCUT2D eigenvalue weighted by Gasteiger charge is 2.22. The number of para-hydroxylation sites is 1. The van der Waals surface area contributed by atoms with Crippen LogP contribution in [0.15, 0.2) is 128 Å². The zero-order valence-electron chi connectivity index (χ0n) is 23.6. The van der Waals surface area contributed by atoms with E-state index in [0.717, 1.165) is 17.1 Å². The van der Waals surface area contributed by atoms with Gasteiger partial charge in [-0.3, -0.25) is 4.57 Å². The minimum Gasteiger partial charge on any atom is -0.309 e. The minimum atomic E-state index is 0.326. The number of benzene rings is 4. The summed E-state index contributed by atoms with van der Waals surface area (Å²) < 4.78 is 4.68. The summed E-state index contributed by atoms with van der Waals surface area (Å²) in [4.78, 5) is 4.79. The van der Waals surface area contributed by atoms with Gasteiger partial charge in [-0.2, -0.15) is 0 Å². The molecule has 198 valence electrons. The lowest BCUT2D eigenvalue weighted by atomic mass is 9.89. The molecule has 0 bridgehead atoms. The molecule has 3 heteroatoms.